The van der Waals surface area contributed by atoms with Gasteiger partial charge in [-0.2, -0.15) is 0 Å². The van der Waals surface area contributed by atoms with Gasteiger partial charge in [-0.1, -0.05) is 13.0 Å². The van der Waals surface area contributed by atoms with E-state index in [0.29, 0.717) is 0 Å². The number of allylic oxidation sites excluding steroid dienone is 3. The lowest BCUT2D eigenvalue weighted by Crippen LogP contribution is -2.37. The predicted octanol–water partition coefficient (Wildman–Crippen LogP) is 3.70. The zero-order valence-electron chi connectivity index (χ0n) is 18.6. The molecule has 4 heterocycles. The second-order valence-electron chi connectivity index (χ2n) is 9.24. The second-order valence-corrected chi connectivity index (χ2v) is 9.24. The lowest BCUT2D eigenvalue weighted by molar-refractivity contribution is 0.0548. The van der Waals surface area contributed by atoms with Crippen LogP contribution in [-0.2, 0) is 10.2 Å². The maximum absolute atomic E-state index is 13.1. The number of piperidine rings is 1. The Bertz CT molecular complexity index is 1040. The molecule has 164 valence electrons. The van der Waals surface area contributed by atoms with Crippen molar-refractivity contribution < 1.29 is 9.53 Å². The molecule has 2 saturated heterocycles. The third kappa shape index (κ3) is 3.78. The maximum Gasteiger partial charge on any atom is 0.255 e. The Morgan fingerprint density at radius 1 is 1.10 bits per heavy atom. The van der Waals surface area contributed by atoms with Gasteiger partial charge in [-0.05, 0) is 56.9 Å². The van der Waals surface area contributed by atoms with Gasteiger partial charge in [0.05, 0.1) is 30.2 Å². The van der Waals surface area contributed by atoms with Crippen molar-refractivity contribution in [3.8, 4) is 0 Å². The quantitative estimate of drug-likeness (QED) is 0.760. The number of imidazole rings is 1. The van der Waals surface area contributed by atoms with Crippen molar-refractivity contribution in [2.45, 2.75) is 44.9 Å². The number of carbonyl (C=O) groups is 1. The first kappa shape index (κ1) is 20.3. The molecular formula is C25H32N4O2. The van der Waals surface area contributed by atoms with Gasteiger partial charge in [-0.15, -0.1) is 0 Å². The van der Waals surface area contributed by atoms with Gasteiger partial charge in [0.15, 0.2) is 0 Å². The average Bonchev–Trinajstić information content (AvgIpc) is 3.15. The van der Waals surface area contributed by atoms with E-state index in [1.807, 2.05) is 23.2 Å². The molecule has 2 fully saturated rings. The number of ether oxygens (including phenoxy) is 1. The number of aryl methyl sites for hydroxylation is 1. The number of amides is 1. The Morgan fingerprint density at radius 2 is 1.87 bits per heavy atom. The molecule has 5 rings (SSSR count). The highest BCUT2D eigenvalue weighted by atomic mass is 16.5. The highest BCUT2D eigenvalue weighted by Crippen LogP contribution is 2.37. The molecule has 0 bridgehead atoms. The van der Waals surface area contributed by atoms with Gasteiger partial charge >= 0.3 is 0 Å². The normalized spacial score (nSPS) is 24.5. The van der Waals surface area contributed by atoms with Crippen LogP contribution in [0, 0.1) is 6.92 Å². The summed E-state index contributed by atoms with van der Waals surface area (Å²) >= 11 is 0. The minimum absolute atomic E-state index is 0.136. The highest BCUT2D eigenvalue weighted by molar-refractivity contribution is 5.94. The fraction of sp³-hybridized carbons (Fsp3) is 0.520. The molecule has 2 aromatic rings. The zero-order valence-corrected chi connectivity index (χ0v) is 18.6. The summed E-state index contributed by atoms with van der Waals surface area (Å²) in [7, 11) is 0. The monoisotopic (exact) mass is 420 g/mol. The fourth-order valence-electron chi connectivity index (χ4n) is 5.30. The van der Waals surface area contributed by atoms with Crippen molar-refractivity contribution >= 4 is 11.6 Å². The molecule has 2 aliphatic heterocycles. The summed E-state index contributed by atoms with van der Waals surface area (Å²) in [5.74, 6) is 0.136. The molecule has 0 spiro atoms. The van der Waals surface area contributed by atoms with Crippen LogP contribution in [0.5, 0.6) is 0 Å². The number of morpholine rings is 1. The number of hydrogen-bond acceptors (Lipinski definition) is 4. The lowest BCUT2D eigenvalue weighted by Gasteiger charge is -2.35. The summed E-state index contributed by atoms with van der Waals surface area (Å²) in [4.78, 5) is 22.4. The van der Waals surface area contributed by atoms with E-state index in [1.165, 1.54) is 17.8 Å². The zero-order chi connectivity index (χ0) is 21.4. The summed E-state index contributed by atoms with van der Waals surface area (Å²) in [6.45, 7) is 9.49. The Balaban J connectivity index is 1.52. The SMILES string of the molecule is Cc1nc2ccc(C(=O)N3CCCCC3)cn2c1C1(C)C=C(N2CCOCC2)C=CC1. The van der Waals surface area contributed by atoms with Crippen LogP contribution in [0.25, 0.3) is 5.65 Å². The molecule has 31 heavy (non-hydrogen) atoms. The van der Waals surface area contributed by atoms with Crippen molar-refractivity contribution in [1.82, 2.24) is 19.2 Å². The van der Waals surface area contributed by atoms with Crippen LogP contribution in [0.1, 0.15) is 54.4 Å². The van der Waals surface area contributed by atoms with E-state index in [1.54, 1.807) is 0 Å². The van der Waals surface area contributed by atoms with Crippen molar-refractivity contribution in [1.29, 1.82) is 0 Å². The summed E-state index contributed by atoms with van der Waals surface area (Å²) < 4.78 is 7.69. The molecule has 3 aliphatic rings. The summed E-state index contributed by atoms with van der Waals surface area (Å²) in [5.41, 5.74) is 4.93. The van der Waals surface area contributed by atoms with Crippen LogP contribution in [0.2, 0.25) is 0 Å². The van der Waals surface area contributed by atoms with Gasteiger partial charge in [0, 0.05) is 43.5 Å². The smallest absolute Gasteiger partial charge is 0.255 e. The molecule has 6 heteroatoms. The molecule has 0 aromatic carbocycles. The van der Waals surface area contributed by atoms with Crippen molar-refractivity contribution in [3.05, 3.63) is 59.2 Å². The third-order valence-corrected chi connectivity index (χ3v) is 6.90. The number of hydrogen-bond donors (Lipinski definition) is 0. The van der Waals surface area contributed by atoms with E-state index in [-0.39, 0.29) is 11.3 Å². The molecule has 0 saturated carbocycles. The summed E-state index contributed by atoms with van der Waals surface area (Å²) in [6, 6.07) is 3.92. The van der Waals surface area contributed by atoms with Crippen molar-refractivity contribution in [3.63, 3.8) is 0 Å². The van der Waals surface area contributed by atoms with E-state index in [0.717, 1.165) is 75.6 Å². The molecule has 0 N–H and O–H groups in total. The first-order valence-electron chi connectivity index (χ1n) is 11.6. The minimum Gasteiger partial charge on any atom is -0.378 e. The number of likely N-dealkylation sites (tertiary alicyclic amines) is 1. The summed E-state index contributed by atoms with van der Waals surface area (Å²) in [6.07, 6.45) is 13.2. The number of aromatic nitrogens is 2. The van der Waals surface area contributed by atoms with E-state index in [9.17, 15) is 4.79 Å². The molecule has 2 aromatic heterocycles. The van der Waals surface area contributed by atoms with E-state index < -0.39 is 0 Å². The number of rotatable bonds is 3. The van der Waals surface area contributed by atoms with Gasteiger partial charge in [-0.25, -0.2) is 4.98 Å². The van der Waals surface area contributed by atoms with Gasteiger partial charge < -0.3 is 18.9 Å². The van der Waals surface area contributed by atoms with Gasteiger partial charge in [-0.3, -0.25) is 4.79 Å². The Hall–Kier alpha value is -2.60. The van der Waals surface area contributed by atoms with Crippen LogP contribution >= 0.6 is 0 Å². The molecule has 1 aliphatic carbocycles. The standard InChI is InChI=1S/C25H32N4O2/c1-19-23(25(2)10-6-7-21(17-25)27-13-15-31-16-14-27)29-18-20(8-9-22(29)26-19)24(30)28-11-4-3-5-12-28/h6-9,17-18H,3-5,10-16H2,1-2H3. The first-order chi connectivity index (χ1) is 15.0. The average molecular weight is 421 g/mol. The third-order valence-electron chi connectivity index (χ3n) is 6.90. The predicted molar refractivity (Wildman–Crippen MR) is 121 cm³/mol. The number of fused-ring (bicyclic) bond motifs is 1. The van der Waals surface area contributed by atoms with E-state index >= 15 is 0 Å². The van der Waals surface area contributed by atoms with Crippen LogP contribution < -0.4 is 0 Å². The topological polar surface area (TPSA) is 50.1 Å². The van der Waals surface area contributed by atoms with E-state index in [4.69, 9.17) is 9.72 Å². The largest absolute Gasteiger partial charge is 0.378 e. The number of nitrogens with zero attached hydrogens (tertiary/aromatic N) is 4. The highest BCUT2D eigenvalue weighted by Gasteiger charge is 2.33. The lowest BCUT2D eigenvalue weighted by atomic mass is 9.78. The Kier molecular flexibility index (Phi) is 5.34. The van der Waals surface area contributed by atoms with Crippen LogP contribution in [0.3, 0.4) is 0 Å². The molecule has 1 amide bonds. The van der Waals surface area contributed by atoms with Crippen LogP contribution in [-0.4, -0.2) is 64.5 Å². The Labute approximate surface area is 184 Å². The van der Waals surface area contributed by atoms with E-state index in [2.05, 4.69) is 41.4 Å². The van der Waals surface area contributed by atoms with Crippen molar-refractivity contribution in [2.75, 3.05) is 39.4 Å². The van der Waals surface area contributed by atoms with Gasteiger partial charge in [0.25, 0.3) is 5.91 Å². The molecule has 1 unspecified atom stereocenters. The molecular weight excluding hydrogens is 388 g/mol. The van der Waals surface area contributed by atoms with Crippen molar-refractivity contribution in [2.24, 2.45) is 0 Å². The summed E-state index contributed by atoms with van der Waals surface area (Å²) in [5, 5.41) is 0. The number of carbonyl (C=O) groups excluding carboxylic acids is 1. The minimum atomic E-state index is -0.182. The van der Waals surface area contributed by atoms with Gasteiger partial charge in [0.1, 0.15) is 5.65 Å². The van der Waals surface area contributed by atoms with Crippen LogP contribution in [0.4, 0.5) is 0 Å². The number of pyridine rings is 1. The van der Waals surface area contributed by atoms with Crippen LogP contribution in [0.15, 0.2) is 42.3 Å². The molecule has 0 radical (unpaired) electrons. The second kappa shape index (κ2) is 8.15. The maximum atomic E-state index is 13.1. The van der Waals surface area contributed by atoms with Gasteiger partial charge in [0.2, 0.25) is 0 Å². The molecule has 6 nitrogen and oxygen atoms in total. The fourth-order valence-corrected chi connectivity index (χ4v) is 5.30. The first-order valence-corrected chi connectivity index (χ1v) is 11.6. The molecule has 1 atom stereocenters. The Morgan fingerprint density at radius 3 is 2.65 bits per heavy atom.